The Bertz CT molecular complexity index is 428. The van der Waals surface area contributed by atoms with Crippen LogP contribution in [0.3, 0.4) is 0 Å². The standard InChI is InChI=1S/2C7H6O.C3H9N.2C2H6.CH3Br/c2*8-6-7-4-2-1-3-5-7;1-4(2)3;3*1-2/h2*1-6H;1-3H3;2*1-2H3;1H3. The summed E-state index contributed by atoms with van der Waals surface area (Å²) in [5, 5.41) is 0. The smallest absolute Gasteiger partial charge is 0.150 e. The zero-order valence-electron chi connectivity index (χ0n) is 17.6. The summed E-state index contributed by atoms with van der Waals surface area (Å²) >= 11 is 2.94. The highest BCUT2D eigenvalue weighted by Gasteiger charge is 1.80. The predicted octanol–water partition coefficient (Wildman–Crippen LogP) is 6.24. The normalized spacial score (nSPS) is 7.31. The topological polar surface area (TPSA) is 37.4 Å². The molecule has 0 fully saturated rings. The molecule has 2 aromatic rings. The molecule has 0 aliphatic carbocycles. The number of aldehydes is 2. The maximum absolute atomic E-state index is 10.0. The summed E-state index contributed by atoms with van der Waals surface area (Å²) in [5.41, 5.74) is 1.46. The first-order valence-corrected chi connectivity index (χ1v) is 10.2. The maximum atomic E-state index is 10.0. The Kier molecular flexibility index (Phi) is 38.1. The van der Waals surface area contributed by atoms with E-state index in [1.807, 2.05) is 96.0 Å². The van der Waals surface area contributed by atoms with Gasteiger partial charge >= 0.3 is 0 Å². The lowest BCUT2D eigenvalue weighted by Crippen LogP contribution is -1.99. The lowest BCUT2D eigenvalue weighted by Gasteiger charge is -1.90. The lowest BCUT2D eigenvalue weighted by atomic mass is 10.2. The van der Waals surface area contributed by atoms with Gasteiger partial charge in [0, 0.05) is 11.1 Å². The molecular weight excluding hydrogens is 390 g/mol. The number of hydrogen-bond donors (Lipinski definition) is 0. The molecule has 0 heterocycles. The third-order valence-electron chi connectivity index (χ3n) is 1.87. The zero-order chi connectivity index (χ0) is 21.2. The minimum atomic E-state index is 0.729. The van der Waals surface area contributed by atoms with Crippen molar-refractivity contribution in [3.8, 4) is 0 Å². The van der Waals surface area contributed by atoms with Crippen molar-refractivity contribution in [2.45, 2.75) is 27.7 Å². The average molecular weight is 426 g/mol. The van der Waals surface area contributed by atoms with Gasteiger partial charge in [-0.15, -0.1) is 0 Å². The Hall–Kier alpha value is -1.78. The molecule has 0 aliphatic rings. The van der Waals surface area contributed by atoms with E-state index in [1.54, 1.807) is 24.3 Å². The summed E-state index contributed by atoms with van der Waals surface area (Å²) < 4.78 is 0. The Labute approximate surface area is 169 Å². The third kappa shape index (κ3) is 30.1. The fourth-order valence-electron chi connectivity index (χ4n) is 1.06. The molecule has 3 nitrogen and oxygen atoms in total. The minimum absolute atomic E-state index is 0.729. The number of halogens is 1. The van der Waals surface area contributed by atoms with Gasteiger partial charge in [-0.3, -0.25) is 9.59 Å². The highest BCUT2D eigenvalue weighted by molar-refractivity contribution is 9.08. The van der Waals surface area contributed by atoms with E-state index in [4.69, 9.17) is 0 Å². The number of carbonyl (C=O) groups excluding carboxylic acids is 2. The summed E-state index contributed by atoms with van der Waals surface area (Å²) in [5.74, 6) is 1.81. The van der Waals surface area contributed by atoms with Gasteiger partial charge in [-0.2, -0.15) is 0 Å². The molecule has 0 saturated carbocycles. The van der Waals surface area contributed by atoms with E-state index in [9.17, 15) is 9.59 Å². The Morgan fingerprint density at radius 3 is 0.923 bits per heavy atom. The van der Waals surface area contributed by atoms with Crippen molar-refractivity contribution in [1.82, 2.24) is 4.90 Å². The predicted molar refractivity (Wildman–Crippen MR) is 121 cm³/mol. The van der Waals surface area contributed by atoms with Crippen LogP contribution in [0.5, 0.6) is 0 Å². The van der Waals surface area contributed by atoms with Crippen molar-refractivity contribution in [2.75, 3.05) is 27.0 Å². The summed E-state index contributed by atoms with van der Waals surface area (Å²) in [6, 6.07) is 18.2. The van der Waals surface area contributed by atoms with Crippen LogP contribution in [0.4, 0.5) is 0 Å². The van der Waals surface area contributed by atoms with Gasteiger partial charge in [0.15, 0.2) is 0 Å². The zero-order valence-corrected chi connectivity index (χ0v) is 19.2. The van der Waals surface area contributed by atoms with Gasteiger partial charge in [-0.25, -0.2) is 0 Å². The van der Waals surface area contributed by atoms with Gasteiger partial charge in [-0.05, 0) is 27.0 Å². The molecule has 0 N–H and O–H groups in total. The fourth-order valence-corrected chi connectivity index (χ4v) is 1.06. The van der Waals surface area contributed by atoms with E-state index in [0.717, 1.165) is 23.7 Å². The van der Waals surface area contributed by atoms with Gasteiger partial charge in [0.05, 0.1) is 0 Å². The van der Waals surface area contributed by atoms with Crippen LogP contribution >= 0.6 is 15.9 Å². The maximum Gasteiger partial charge on any atom is 0.150 e. The highest BCUT2D eigenvalue weighted by Crippen LogP contribution is 1.92. The second-order valence-electron chi connectivity index (χ2n) is 4.40. The van der Waals surface area contributed by atoms with Crippen LogP contribution in [0.2, 0.25) is 0 Å². The second kappa shape index (κ2) is 31.0. The third-order valence-corrected chi connectivity index (χ3v) is 1.87. The molecule has 0 aromatic heterocycles. The van der Waals surface area contributed by atoms with E-state index in [0.29, 0.717) is 0 Å². The molecule has 26 heavy (non-hydrogen) atoms. The number of benzene rings is 2. The van der Waals surface area contributed by atoms with E-state index in [2.05, 4.69) is 15.9 Å². The molecule has 0 aliphatic heterocycles. The van der Waals surface area contributed by atoms with E-state index < -0.39 is 0 Å². The molecule has 148 valence electrons. The van der Waals surface area contributed by atoms with E-state index in [-0.39, 0.29) is 0 Å². The van der Waals surface area contributed by atoms with E-state index in [1.165, 1.54) is 0 Å². The molecule has 0 bridgehead atoms. The SMILES string of the molecule is CBr.CC.CC.CN(C)C.O=Cc1ccccc1.O=Cc1ccccc1. The molecule has 0 saturated heterocycles. The molecule has 4 heteroatoms. The molecule has 2 rings (SSSR count). The van der Waals surface area contributed by atoms with Crippen LogP contribution in [0.15, 0.2) is 60.7 Å². The highest BCUT2D eigenvalue weighted by atomic mass is 79.9. The fraction of sp³-hybridized carbons (Fsp3) is 0.364. The number of nitrogens with zero attached hydrogens (tertiary/aromatic N) is 1. The van der Waals surface area contributed by atoms with Crippen molar-refractivity contribution in [3.05, 3.63) is 71.8 Å². The van der Waals surface area contributed by atoms with Crippen LogP contribution in [0, 0.1) is 0 Å². The number of alkyl halides is 1. The van der Waals surface area contributed by atoms with Crippen LogP contribution < -0.4 is 0 Å². The summed E-state index contributed by atoms with van der Waals surface area (Å²) in [7, 11) is 6.00. The average Bonchev–Trinajstić information content (AvgIpc) is 2.74. The number of rotatable bonds is 2. The molecule has 2 aromatic carbocycles. The van der Waals surface area contributed by atoms with Crippen LogP contribution in [0.1, 0.15) is 48.4 Å². The van der Waals surface area contributed by atoms with Crippen molar-refractivity contribution < 1.29 is 9.59 Å². The number of hydrogen-bond acceptors (Lipinski definition) is 3. The lowest BCUT2D eigenvalue weighted by molar-refractivity contribution is 0.111. The molecule has 0 spiro atoms. The van der Waals surface area contributed by atoms with Crippen molar-refractivity contribution >= 4 is 28.5 Å². The van der Waals surface area contributed by atoms with Crippen molar-refractivity contribution in [1.29, 1.82) is 0 Å². The summed E-state index contributed by atoms with van der Waals surface area (Å²) in [6.45, 7) is 8.00. The van der Waals surface area contributed by atoms with Crippen LogP contribution in [-0.4, -0.2) is 44.4 Å². The van der Waals surface area contributed by atoms with Gasteiger partial charge in [0.25, 0.3) is 0 Å². The summed E-state index contributed by atoms with van der Waals surface area (Å²) in [6.07, 6.45) is 1.67. The largest absolute Gasteiger partial charge is 0.312 e. The molecule has 0 unspecified atom stereocenters. The molecule has 0 atom stereocenters. The Morgan fingerprint density at radius 2 is 0.808 bits per heavy atom. The molecule has 0 amide bonds. The Morgan fingerprint density at radius 1 is 0.615 bits per heavy atom. The summed E-state index contributed by atoms with van der Waals surface area (Å²) in [4.78, 5) is 22.0. The van der Waals surface area contributed by atoms with E-state index >= 15 is 0 Å². The molecular formula is C22H36BrNO2. The van der Waals surface area contributed by atoms with Gasteiger partial charge in [0.1, 0.15) is 12.6 Å². The number of carbonyl (C=O) groups is 2. The van der Waals surface area contributed by atoms with Crippen molar-refractivity contribution in [3.63, 3.8) is 0 Å². The van der Waals surface area contributed by atoms with Crippen LogP contribution in [0.25, 0.3) is 0 Å². The van der Waals surface area contributed by atoms with Crippen molar-refractivity contribution in [2.24, 2.45) is 0 Å². The second-order valence-corrected chi connectivity index (χ2v) is 4.40. The minimum Gasteiger partial charge on any atom is -0.312 e. The van der Waals surface area contributed by atoms with Gasteiger partial charge in [0.2, 0.25) is 0 Å². The first-order valence-electron chi connectivity index (χ1n) is 8.59. The van der Waals surface area contributed by atoms with Gasteiger partial charge in [-0.1, -0.05) is 104 Å². The van der Waals surface area contributed by atoms with Crippen LogP contribution in [-0.2, 0) is 0 Å². The first-order chi connectivity index (χ1) is 12.6. The quantitative estimate of drug-likeness (QED) is 0.421. The first kappa shape index (κ1) is 31.9. The molecule has 0 radical (unpaired) electrons. The van der Waals surface area contributed by atoms with Gasteiger partial charge < -0.3 is 4.90 Å². The monoisotopic (exact) mass is 425 g/mol. The Balaban J connectivity index is -0.000000127.